The Morgan fingerprint density at radius 3 is 2.38 bits per heavy atom. The van der Waals surface area contributed by atoms with Gasteiger partial charge < -0.3 is 5.11 Å². The summed E-state index contributed by atoms with van der Waals surface area (Å²) in [7, 11) is -1.94. The summed E-state index contributed by atoms with van der Waals surface area (Å²) in [5.41, 5.74) is 0.391. The number of carbonyl (C=O) groups is 1. The van der Waals surface area contributed by atoms with E-state index in [4.69, 9.17) is 5.11 Å². The molecule has 0 radical (unpaired) electrons. The number of hydrogen-bond donors (Lipinski definition) is 1. The number of nitrogens with zero attached hydrogens (tertiary/aromatic N) is 1. The summed E-state index contributed by atoms with van der Waals surface area (Å²) >= 11 is 0. The topological polar surface area (TPSA) is 74.7 Å². The van der Waals surface area contributed by atoms with Gasteiger partial charge in [0.25, 0.3) is 0 Å². The van der Waals surface area contributed by atoms with Crippen molar-refractivity contribution in [1.29, 1.82) is 0 Å². The van der Waals surface area contributed by atoms with Gasteiger partial charge in [-0.1, -0.05) is 32.9 Å². The van der Waals surface area contributed by atoms with E-state index in [1.807, 2.05) is 27.7 Å². The van der Waals surface area contributed by atoms with E-state index in [1.54, 1.807) is 19.2 Å². The van der Waals surface area contributed by atoms with Gasteiger partial charge in [0.1, 0.15) is 0 Å². The van der Waals surface area contributed by atoms with Crippen molar-refractivity contribution in [1.82, 2.24) is 4.31 Å². The lowest BCUT2D eigenvalue weighted by molar-refractivity contribution is 0.0696. The summed E-state index contributed by atoms with van der Waals surface area (Å²) < 4.78 is 26.3. The predicted molar refractivity (Wildman–Crippen MR) is 82.7 cm³/mol. The minimum absolute atomic E-state index is 0.0919. The Bertz CT molecular complexity index is 617. The van der Waals surface area contributed by atoms with Crippen molar-refractivity contribution in [2.45, 2.75) is 39.5 Å². The summed E-state index contributed by atoms with van der Waals surface area (Å²) in [5.74, 6) is -1.27. The van der Waals surface area contributed by atoms with Gasteiger partial charge in [-0.05, 0) is 30.0 Å². The van der Waals surface area contributed by atoms with Crippen LogP contribution in [0.2, 0.25) is 0 Å². The quantitative estimate of drug-likeness (QED) is 0.906. The number of carboxylic acids is 1. The summed E-state index contributed by atoms with van der Waals surface area (Å²) in [6.45, 7) is 7.81. The predicted octanol–water partition coefficient (Wildman–Crippen LogP) is 2.58. The highest BCUT2D eigenvalue weighted by Crippen LogP contribution is 2.26. The monoisotopic (exact) mass is 313 g/mol. The molecule has 1 rings (SSSR count). The molecule has 0 heterocycles. The van der Waals surface area contributed by atoms with Crippen molar-refractivity contribution >= 4 is 16.0 Å². The molecule has 1 atom stereocenters. The molecule has 1 unspecified atom stereocenters. The molecule has 118 valence electrons. The van der Waals surface area contributed by atoms with Gasteiger partial charge >= 0.3 is 5.97 Å². The zero-order valence-corrected chi connectivity index (χ0v) is 13.9. The van der Waals surface area contributed by atoms with Crippen molar-refractivity contribution in [3.8, 4) is 0 Å². The highest BCUT2D eigenvalue weighted by Gasteiger charge is 2.31. The SMILES string of the molecule is CC(N(C)S(=O)(=O)Cc1cccc(C(=O)O)c1)C(C)(C)C. The van der Waals surface area contributed by atoms with Crippen LogP contribution in [0.4, 0.5) is 0 Å². The molecule has 0 fully saturated rings. The van der Waals surface area contributed by atoms with Crippen LogP contribution in [0.3, 0.4) is 0 Å². The van der Waals surface area contributed by atoms with Gasteiger partial charge in [0.2, 0.25) is 10.0 Å². The molecule has 1 N–H and O–H groups in total. The number of carboxylic acid groups (broad SMARTS) is 1. The molecular weight excluding hydrogens is 290 g/mol. The lowest BCUT2D eigenvalue weighted by atomic mass is 9.88. The van der Waals surface area contributed by atoms with Crippen LogP contribution in [0, 0.1) is 5.41 Å². The number of sulfonamides is 1. The van der Waals surface area contributed by atoms with E-state index in [1.165, 1.54) is 16.4 Å². The van der Waals surface area contributed by atoms with E-state index in [0.717, 1.165) is 0 Å². The Labute approximate surface area is 126 Å². The van der Waals surface area contributed by atoms with Crippen LogP contribution in [-0.4, -0.2) is 36.9 Å². The Balaban J connectivity index is 3.00. The number of hydrogen-bond acceptors (Lipinski definition) is 3. The van der Waals surface area contributed by atoms with Crippen molar-refractivity contribution in [3.05, 3.63) is 35.4 Å². The Kier molecular flexibility index (Phi) is 5.17. The largest absolute Gasteiger partial charge is 0.478 e. The molecule has 0 saturated heterocycles. The van der Waals surface area contributed by atoms with Crippen LogP contribution in [0.15, 0.2) is 24.3 Å². The highest BCUT2D eigenvalue weighted by molar-refractivity contribution is 7.88. The number of aromatic carboxylic acids is 1. The highest BCUT2D eigenvalue weighted by atomic mass is 32.2. The molecule has 0 aliphatic rings. The number of benzene rings is 1. The molecule has 0 bridgehead atoms. The van der Waals surface area contributed by atoms with Gasteiger partial charge in [-0.25, -0.2) is 17.5 Å². The minimum Gasteiger partial charge on any atom is -0.478 e. The molecule has 1 aromatic carbocycles. The van der Waals surface area contributed by atoms with Crippen LogP contribution in [0.5, 0.6) is 0 Å². The molecule has 0 saturated carbocycles. The molecule has 5 nitrogen and oxygen atoms in total. The minimum atomic E-state index is -3.50. The summed E-state index contributed by atoms with van der Waals surface area (Å²) in [4.78, 5) is 10.9. The second kappa shape index (κ2) is 6.15. The van der Waals surface area contributed by atoms with E-state index in [0.29, 0.717) is 5.56 Å². The lowest BCUT2D eigenvalue weighted by Crippen LogP contribution is -2.43. The van der Waals surface area contributed by atoms with Gasteiger partial charge in [-0.3, -0.25) is 0 Å². The first kappa shape index (κ1) is 17.7. The van der Waals surface area contributed by atoms with E-state index < -0.39 is 16.0 Å². The average Bonchev–Trinajstić information content (AvgIpc) is 2.35. The second-order valence-corrected chi connectivity index (χ2v) is 8.35. The summed E-state index contributed by atoms with van der Waals surface area (Å²) in [6, 6.07) is 5.86. The zero-order chi connectivity index (χ0) is 16.4. The van der Waals surface area contributed by atoms with Crippen molar-refractivity contribution in [3.63, 3.8) is 0 Å². The third-order valence-electron chi connectivity index (χ3n) is 3.76. The fourth-order valence-electron chi connectivity index (χ4n) is 1.89. The summed E-state index contributed by atoms with van der Waals surface area (Å²) in [6.07, 6.45) is 0. The van der Waals surface area contributed by atoms with Gasteiger partial charge in [-0.2, -0.15) is 0 Å². The smallest absolute Gasteiger partial charge is 0.335 e. The lowest BCUT2D eigenvalue weighted by Gasteiger charge is -2.34. The normalized spacial score (nSPS) is 14.2. The maximum Gasteiger partial charge on any atom is 0.335 e. The van der Waals surface area contributed by atoms with Crippen molar-refractivity contribution in [2.75, 3.05) is 7.05 Å². The Morgan fingerprint density at radius 2 is 1.90 bits per heavy atom. The Morgan fingerprint density at radius 1 is 1.33 bits per heavy atom. The maximum absolute atomic E-state index is 12.4. The van der Waals surface area contributed by atoms with Crippen molar-refractivity contribution in [2.24, 2.45) is 5.41 Å². The third-order valence-corrected chi connectivity index (χ3v) is 5.65. The molecule has 0 spiro atoms. The molecule has 0 amide bonds. The Hall–Kier alpha value is -1.40. The maximum atomic E-state index is 12.4. The van der Waals surface area contributed by atoms with Crippen LogP contribution >= 0.6 is 0 Å². The first-order valence-corrected chi connectivity index (χ1v) is 8.34. The third kappa shape index (κ3) is 4.54. The molecule has 0 aliphatic carbocycles. The van der Waals surface area contributed by atoms with Crippen molar-refractivity contribution < 1.29 is 18.3 Å². The van der Waals surface area contributed by atoms with Gasteiger partial charge in [-0.15, -0.1) is 0 Å². The molecule has 21 heavy (non-hydrogen) atoms. The van der Waals surface area contributed by atoms with Gasteiger partial charge in [0.05, 0.1) is 11.3 Å². The molecule has 6 heteroatoms. The average molecular weight is 313 g/mol. The number of rotatable bonds is 5. The zero-order valence-electron chi connectivity index (χ0n) is 13.1. The van der Waals surface area contributed by atoms with Gasteiger partial charge in [0.15, 0.2) is 0 Å². The van der Waals surface area contributed by atoms with Gasteiger partial charge in [0, 0.05) is 13.1 Å². The molecule has 0 aliphatic heterocycles. The standard InChI is InChI=1S/C15H23NO4S/c1-11(15(2,3)4)16(5)21(19,20)10-12-7-6-8-13(9-12)14(17)18/h6-9,11H,10H2,1-5H3,(H,17,18). The van der Waals surface area contributed by atoms with Crippen LogP contribution in [0.25, 0.3) is 0 Å². The summed E-state index contributed by atoms with van der Waals surface area (Å²) in [5, 5.41) is 8.95. The van der Waals surface area contributed by atoms with Crippen LogP contribution < -0.4 is 0 Å². The first-order valence-electron chi connectivity index (χ1n) is 6.73. The second-order valence-electron chi connectivity index (χ2n) is 6.32. The molecule has 1 aromatic rings. The fraction of sp³-hybridized carbons (Fsp3) is 0.533. The van der Waals surface area contributed by atoms with Crippen LogP contribution in [-0.2, 0) is 15.8 Å². The fourth-order valence-corrected chi connectivity index (χ4v) is 3.50. The molecular formula is C15H23NO4S. The van der Waals surface area contributed by atoms with E-state index in [-0.39, 0.29) is 22.8 Å². The molecule has 0 aromatic heterocycles. The van der Waals surface area contributed by atoms with E-state index >= 15 is 0 Å². The first-order chi connectivity index (χ1) is 9.45. The van der Waals surface area contributed by atoms with Crippen LogP contribution in [0.1, 0.15) is 43.6 Å². The van der Waals surface area contributed by atoms with E-state index in [2.05, 4.69) is 0 Å². The van der Waals surface area contributed by atoms with E-state index in [9.17, 15) is 13.2 Å².